The minimum Gasteiger partial charge on any atom is -0.490 e. The van der Waals surface area contributed by atoms with Crippen LogP contribution in [0.25, 0.3) is 0 Å². The fraction of sp³-hybridized carbons (Fsp3) is 0.500. The highest BCUT2D eigenvalue weighted by Gasteiger charge is 2.38. The van der Waals surface area contributed by atoms with Gasteiger partial charge in [-0.1, -0.05) is 0 Å². The van der Waals surface area contributed by atoms with E-state index in [9.17, 15) is 23.3 Å². The number of nitrogens with zero attached hydrogens (tertiary/aromatic N) is 3. The molecule has 2 N–H and O–H groups in total. The molecule has 0 unspecified atom stereocenters. The van der Waals surface area contributed by atoms with Gasteiger partial charge in [0, 0.05) is 56.2 Å². The van der Waals surface area contributed by atoms with Crippen molar-refractivity contribution in [1.29, 1.82) is 0 Å². The van der Waals surface area contributed by atoms with Crippen LogP contribution >= 0.6 is 0 Å². The van der Waals surface area contributed by atoms with E-state index in [0.29, 0.717) is 0 Å². The van der Waals surface area contributed by atoms with Crippen LogP contribution in [0.5, 0.6) is 5.75 Å². The van der Waals surface area contributed by atoms with Crippen LogP contribution in [0.3, 0.4) is 0 Å². The maximum Gasteiger partial charge on any atom is 0.423 e. The molecule has 2 heterocycles. The first-order valence-corrected chi connectivity index (χ1v) is 11.0. The van der Waals surface area contributed by atoms with Crippen molar-refractivity contribution in [3.63, 3.8) is 0 Å². The summed E-state index contributed by atoms with van der Waals surface area (Å²) in [4.78, 5) is 16.6. The SMILES string of the molecule is O=[N+]([O-])c1ccc(N[C@H]2CC[C@H](Oc3ccnc(N4CCNCC4)c3)CC2)cc1C(F)(F)F. The van der Waals surface area contributed by atoms with Gasteiger partial charge in [-0.3, -0.25) is 10.1 Å². The van der Waals surface area contributed by atoms with Crippen molar-refractivity contribution in [2.45, 2.75) is 44.0 Å². The molecule has 2 aromatic rings. The third-order valence-electron chi connectivity index (χ3n) is 6.00. The molecule has 1 saturated heterocycles. The second-order valence-electron chi connectivity index (χ2n) is 8.31. The summed E-state index contributed by atoms with van der Waals surface area (Å²) in [6.45, 7) is 3.63. The quantitative estimate of drug-likeness (QED) is 0.487. The van der Waals surface area contributed by atoms with Crippen molar-refractivity contribution in [2.75, 3.05) is 36.4 Å². The molecule has 0 radical (unpaired) electrons. The van der Waals surface area contributed by atoms with Crippen LogP contribution in [-0.4, -0.2) is 48.2 Å². The lowest BCUT2D eigenvalue weighted by atomic mass is 9.92. The lowest BCUT2D eigenvalue weighted by Gasteiger charge is -2.31. The van der Waals surface area contributed by atoms with Crippen molar-refractivity contribution in [3.05, 3.63) is 52.2 Å². The molecule has 1 aliphatic carbocycles. The highest BCUT2D eigenvalue weighted by atomic mass is 19.4. The average molecular weight is 465 g/mol. The number of hydrogen-bond donors (Lipinski definition) is 2. The predicted molar refractivity (Wildman–Crippen MR) is 118 cm³/mol. The summed E-state index contributed by atoms with van der Waals surface area (Å²) in [5.41, 5.74) is -1.96. The summed E-state index contributed by atoms with van der Waals surface area (Å²) >= 11 is 0. The van der Waals surface area contributed by atoms with Gasteiger partial charge < -0.3 is 20.3 Å². The zero-order valence-electron chi connectivity index (χ0n) is 18.0. The number of nitro benzene ring substituents is 1. The minimum absolute atomic E-state index is 0.0175. The van der Waals surface area contributed by atoms with E-state index in [1.165, 1.54) is 6.07 Å². The van der Waals surface area contributed by atoms with E-state index in [-0.39, 0.29) is 17.8 Å². The summed E-state index contributed by atoms with van der Waals surface area (Å²) in [5.74, 6) is 1.66. The Morgan fingerprint density at radius 2 is 1.85 bits per heavy atom. The largest absolute Gasteiger partial charge is 0.490 e. The van der Waals surface area contributed by atoms with Crippen LogP contribution in [-0.2, 0) is 6.18 Å². The molecule has 0 spiro atoms. The van der Waals surface area contributed by atoms with E-state index < -0.39 is 22.4 Å². The van der Waals surface area contributed by atoms with Crippen molar-refractivity contribution < 1.29 is 22.8 Å². The van der Waals surface area contributed by atoms with Crippen LogP contribution in [0.4, 0.5) is 30.4 Å². The molecule has 0 atom stereocenters. The Bertz CT molecular complexity index is 974. The monoisotopic (exact) mass is 465 g/mol. The molecule has 1 aromatic carbocycles. The van der Waals surface area contributed by atoms with Crippen LogP contribution in [0.1, 0.15) is 31.2 Å². The first kappa shape index (κ1) is 23.1. The molecule has 11 heteroatoms. The lowest BCUT2D eigenvalue weighted by molar-refractivity contribution is -0.388. The van der Waals surface area contributed by atoms with Crippen LogP contribution in [0.2, 0.25) is 0 Å². The molecule has 1 aliphatic heterocycles. The Balaban J connectivity index is 1.33. The molecular weight excluding hydrogens is 439 g/mol. The lowest BCUT2D eigenvalue weighted by Crippen LogP contribution is -2.43. The normalized spacial score (nSPS) is 21.5. The van der Waals surface area contributed by atoms with E-state index in [1.807, 2.05) is 12.1 Å². The molecule has 178 valence electrons. The maximum atomic E-state index is 13.2. The molecule has 1 aromatic heterocycles. The molecule has 1 saturated carbocycles. The number of halogens is 3. The third kappa shape index (κ3) is 5.84. The zero-order valence-corrected chi connectivity index (χ0v) is 18.0. The minimum atomic E-state index is -4.79. The highest BCUT2D eigenvalue weighted by molar-refractivity contribution is 5.55. The maximum absolute atomic E-state index is 13.2. The van der Waals surface area contributed by atoms with E-state index in [1.54, 1.807) is 6.20 Å². The number of piperazine rings is 1. The molecule has 33 heavy (non-hydrogen) atoms. The van der Waals surface area contributed by atoms with Gasteiger partial charge in [0.1, 0.15) is 17.1 Å². The Kier molecular flexibility index (Phi) is 6.87. The number of aromatic nitrogens is 1. The first-order chi connectivity index (χ1) is 15.8. The number of benzene rings is 1. The van der Waals surface area contributed by atoms with Gasteiger partial charge in [0.25, 0.3) is 5.69 Å². The Morgan fingerprint density at radius 1 is 1.12 bits per heavy atom. The number of pyridine rings is 1. The number of rotatable bonds is 6. The average Bonchev–Trinajstić information content (AvgIpc) is 2.80. The Labute approximate surface area is 189 Å². The summed E-state index contributed by atoms with van der Waals surface area (Å²) in [6, 6.07) is 6.80. The van der Waals surface area contributed by atoms with Gasteiger partial charge in [0.05, 0.1) is 11.0 Å². The third-order valence-corrected chi connectivity index (χ3v) is 6.00. The van der Waals surface area contributed by atoms with Gasteiger partial charge in [-0.25, -0.2) is 4.98 Å². The first-order valence-electron chi connectivity index (χ1n) is 11.0. The van der Waals surface area contributed by atoms with Gasteiger partial charge in [-0.2, -0.15) is 13.2 Å². The number of nitro groups is 1. The summed E-state index contributed by atoms with van der Waals surface area (Å²) < 4.78 is 45.8. The molecule has 0 amide bonds. The molecular formula is C22H26F3N5O3. The van der Waals surface area contributed by atoms with Crippen LogP contribution in [0, 0.1) is 10.1 Å². The van der Waals surface area contributed by atoms with Gasteiger partial charge >= 0.3 is 6.18 Å². The van der Waals surface area contributed by atoms with Crippen LogP contribution < -0.4 is 20.3 Å². The zero-order chi connectivity index (χ0) is 23.4. The number of ether oxygens (including phenoxy) is 1. The van der Waals surface area contributed by atoms with E-state index in [0.717, 1.165) is 75.6 Å². The fourth-order valence-electron chi connectivity index (χ4n) is 4.31. The number of alkyl halides is 3. The molecule has 2 aliphatic rings. The van der Waals surface area contributed by atoms with Crippen molar-refractivity contribution >= 4 is 17.2 Å². The highest BCUT2D eigenvalue weighted by Crippen LogP contribution is 2.38. The van der Waals surface area contributed by atoms with E-state index in [2.05, 4.69) is 20.5 Å². The van der Waals surface area contributed by atoms with E-state index in [4.69, 9.17) is 4.74 Å². The molecule has 4 rings (SSSR count). The fourth-order valence-corrected chi connectivity index (χ4v) is 4.31. The molecule has 8 nitrogen and oxygen atoms in total. The van der Waals surface area contributed by atoms with Gasteiger partial charge in [0.15, 0.2) is 0 Å². The predicted octanol–water partition coefficient (Wildman–Crippen LogP) is 4.22. The topological polar surface area (TPSA) is 92.6 Å². The standard InChI is InChI=1S/C22H26F3N5O3/c23-22(24,25)19-13-16(3-6-20(19)30(31)32)28-15-1-4-17(5-2-15)33-18-7-8-27-21(14-18)29-11-9-26-10-12-29/h3,6-8,13-15,17,26,28H,1-2,4-5,9-12H2/t15-,17-. The Hall–Kier alpha value is -3.08. The van der Waals surface area contributed by atoms with E-state index >= 15 is 0 Å². The molecule has 2 fully saturated rings. The second-order valence-corrected chi connectivity index (χ2v) is 8.31. The van der Waals surface area contributed by atoms with Gasteiger partial charge in [-0.15, -0.1) is 0 Å². The number of nitrogens with one attached hydrogen (secondary N) is 2. The van der Waals surface area contributed by atoms with Gasteiger partial charge in [0.2, 0.25) is 0 Å². The smallest absolute Gasteiger partial charge is 0.423 e. The van der Waals surface area contributed by atoms with Crippen molar-refractivity contribution in [2.24, 2.45) is 0 Å². The van der Waals surface area contributed by atoms with Gasteiger partial charge in [-0.05, 0) is 43.9 Å². The second kappa shape index (κ2) is 9.82. The van der Waals surface area contributed by atoms with Crippen LogP contribution in [0.15, 0.2) is 36.5 Å². The Morgan fingerprint density at radius 3 is 2.52 bits per heavy atom. The summed E-state index contributed by atoms with van der Waals surface area (Å²) in [5, 5.41) is 17.3. The van der Waals surface area contributed by atoms with Crippen molar-refractivity contribution in [3.8, 4) is 5.75 Å². The summed E-state index contributed by atoms with van der Waals surface area (Å²) in [6.07, 6.45) is -0.0856. The number of anilines is 2. The summed E-state index contributed by atoms with van der Waals surface area (Å²) in [7, 11) is 0. The number of hydrogen-bond acceptors (Lipinski definition) is 7. The van der Waals surface area contributed by atoms with Crippen molar-refractivity contribution in [1.82, 2.24) is 10.3 Å². The molecule has 0 bridgehead atoms.